The Morgan fingerprint density at radius 3 is 2.39 bits per heavy atom. The van der Waals surface area contributed by atoms with Crippen molar-refractivity contribution in [2.75, 3.05) is 45.2 Å². The fourth-order valence-electron chi connectivity index (χ4n) is 2.58. The van der Waals surface area contributed by atoms with E-state index in [1.54, 1.807) is 20.3 Å². The lowest BCUT2D eigenvalue weighted by Crippen LogP contribution is -2.53. The van der Waals surface area contributed by atoms with Gasteiger partial charge in [0.2, 0.25) is 15.9 Å². The third kappa shape index (κ3) is 3.81. The number of amides is 1. The van der Waals surface area contributed by atoms with Crippen LogP contribution in [0.3, 0.4) is 0 Å². The highest BCUT2D eigenvalue weighted by Crippen LogP contribution is 2.18. The first-order chi connectivity index (χ1) is 10.7. The number of pyridine rings is 1. The monoisotopic (exact) mass is 340 g/mol. The maximum absolute atomic E-state index is 12.6. The lowest BCUT2D eigenvalue weighted by Gasteiger charge is -2.36. The smallest absolute Gasteiger partial charge is 0.241 e. The number of hydrogen-bond acceptors (Lipinski definition) is 5. The van der Waals surface area contributed by atoms with Gasteiger partial charge in [0.15, 0.2) is 5.25 Å². The zero-order valence-corrected chi connectivity index (χ0v) is 14.9. The van der Waals surface area contributed by atoms with Crippen molar-refractivity contribution in [1.29, 1.82) is 0 Å². The van der Waals surface area contributed by atoms with Gasteiger partial charge in [0.1, 0.15) is 5.82 Å². The summed E-state index contributed by atoms with van der Waals surface area (Å²) in [4.78, 5) is 19.7. The van der Waals surface area contributed by atoms with E-state index in [4.69, 9.17) is 0 Å². The van der Waals surface area contributed by atoms with Crippen LogP contribution < -0.4 is 4.90 Å². The van der Waals surface area contributed by atoms with Gasteiger partial charge in [0, 0.05) is 46.5 Å². The maximum Gasteiger partial charge on any atom is 0.241 e. The molecule has 1 fully saturated rings. The van der Waals surface area contributed by atoms with Crippen molar-refractivity contribution >= 4 is 21.7 Å². The molecule has 1 saturated heterocycles. The zero-order valence-electron chi connectivity index (χ0n) is 14.1. The molecule has 0 radical (unpaired) electrons. The van der Waals surface area contributed by atoms with Crippen molar-refractivity contribution in [3.05, 3.63) is 23.9 Å². The fourth-order valence-corrected chi connectivity index (χ4v) is 4.16. The molecule has 0 aliphatic carbocycles. The third-order valence-electron chi connectivity index (χ3n) is 4.06. The Hall–Kier alpha value is -1.67. The Labute approximate surface area is 137 Å². The number of piperazine rings is 1. The number of hydrogen-bond donors (Lipinski definition) is 0. The number of carbonyl (C=O) groups is 1. The second-order valence-electron chi connectivity index (χ2n) is 6.00. The molecule has 0 bridgehead atoms. The van der Waals surface area contributed by atoms with E-state index < -0.39 is 21.2 Å². The molecule has 1 aliphatic heterocycles. The average molecular weight is 340 g/mol. The van der Waals surface area contributed by atoms with Crippen LogP contribution in [-0.4, -0.2) is 74.0 Å². The molecule has 1 aliphatic rings. The number of aromatic nitrogens is 1. The van der Waals surface area contributed by atoms with Gasteiger partial charge < -0.3 is 9.80 Å². The highest BCUT2D eigenvalue weighted by molar-refractivity contribution is 7.90. The summed E-state index contributed by atoms with van der Waals surface area (Å²) >= 11 is 0. The minimum absolute atomic E-state index is 0.364. The molecule has 7 nitrogen and oxygen atoms in total. The van der Waals surface area contributed by atoms with Gasteiger partial charge in [-0.05, 0) is 31.5 Å². The molecule has 8 heteroatoms. The van der Waals surface area contributed by atoms with E-state index in [-0.39, 0.29) is 0 Å². The van der Waals surface area contributed by atoms with Crippen molar-refractivity contribution < 1.29 is 13.2 Å². The molecule has 0 aromatic carbocycles. The van der Waals surface area contributed by atoms with Gasteiger partial charge in [-0.2, -0.15) is 4.31 Å². The van der Waals surface area contributed by atoms with E-state index in [0.717, 1.165) is 11.4 Å². The summed E-state index contributed by atoms with van der Waals surface area (Å²) in [5, 5.41) is -1.05. The molecular formula is C15H24N4O3S. The van der Waals surface area contributed by atoms with Crippen molar-refractivity contribution in [2.24, 2.45) is 0 Å². The molecule has 1 atom stereocenters. The molecule has 1 aromatic heterocycles. The van der Waals surface area contributed by atoms with Crippen LogP contribution in [0, 0.1) is 6.92 Å². The molecule has 1 aromatic rings. The Balaban J connectivity index is 2.05. The molecular weight excluding hydrogens is 316 g/mol. The second kappa shape index (κ2) is 6.84. The van der Waals surface area contributed by atoms with Gasteiger partial charge in [-0.3, -0.25) is 4.79 Å². The topological polar surface area (TPSA) is 73.8 Å². The number of aryl methyl sites for hydroxylation is 1. The summed E-state index contributed by atoms with van der Waals surface area (Å²) in [6, 6.07) is 3.92. The van der Waals surface area contributed by atoms with Crippen LogP contribution in [0.2, 0.25) is 0 Å². The standard InChI is InChI=1S/C15H24N4O3S/c1-12-5-6-16-14(11-12)18-7-9-19(10-8-18)23(21,22)13(2)15(20)17(3)4/h5-6,11,13H,7-10H2,1-4H3. The number of sulfonamides is 1. The van der Waals surface area contributed by atoms with Gasteiger partial charge in [-0.25, -0.2) is 13.4 Å². The van der Waals surface area contributed by atoms with Crippen LogP contribution in [0.25, 0.3) is 0 Å². The van der Waals surface area contributed by atoms with E-state index >= 15 is 0 Å². The van der Waals surface area contributed by atoms with Crippen LogP contribution in [0.1, 0.15) is 12.5 Å². The quantitative estimate of drug-likeness (QED) is 0.789. The Morgan fingerprint density at radius 1 is 1.26 bits per heavy atom. The van der Waals surface area contributed by atoms with Crippen molar-refractivity contribution in [2.45, 2.75) is 19.1 Å². The number of carbonyl (C=O) groups excluding carboxylic acids is 1. The summed E-state index contributed by atoms with van der Waals surface area (Å²) in [5.41, 5.74) is 1.12. The average Bonchev–Trinajstić information content (AvgIpc) is 2.53. The third-order valence-corrected chi connectivity index (χ3v) is 6.24. The molecule has 23 heavy (non-hydrogen) atoms. The van der Waals surface area contributed by atoms with E-state index in [9.17, 15) is 13.2 Å². The first-order valence-corrected chi connectivity index (χ1v) is 9.11. The number of rotatable bonds is 4. The first-order valence-electron chi connectivity index (χ1n) is 7.61. The van der Waals surface area contributed by atoms with Crippen molar-refractivity contribution in [3.8, 4) is 0 Å². The Bertz CT molecular complexity index is 667. The maximum atomic E-state index is 12.6. The van der Waals surface area contributed by atoms with Gasteiger partial charge in [0.25, 0.3) is 0 Å². The van der Waals surface area contributed by atoms with Gasteiger partial charge >= 0.3 is 0 Å². The lowest BCUT2D eigenvalue weighted by atomic mass is 10.2. The van der Waals surface area contributed by atoms with Gasteiger partial charge in [-0.15, -0.1) is 0 Å². The normalized spacial score (nSPS) is 17.8. The SMILES string of the molecule is Cc1ccnc(N2CCN(S(=O)(=O)C(C)C(=O)N(C)C)CC2)c1. The van der Waals surface area contributed by atoms with Crippen LogP contribution in [0.4, 0.5) is 5.82 Å². The zero-order chi connectivity index (χ0) is 17.2. The first kappa shape index (κ1) is 17.7. The summed E-state index contributed by atoms with van der Waals surface area (Å²) in [6.45, 7) is 5.32. The molecule has 0 saturated carbocycles. The van der Waals surface area contributed by atoms with Crippen molar-refractivity contribution in [3.63, 3.8) is 0 Å². The molecule has 2 heterocycles. The highest BCUT2D eigenvalue weighted by Gasteiger charge is 2.36. The molecule has 128 valence electrons. The summed E-state index contributed by atoms with van der Waals surface area (Å²) in [6.07, 6.45) is 1.76. The highest BCUT2D eigenvalue weighted by atomic mass is 32.2. The number of anilines is 1. The fraction of sp³-hybridized carbons (Fsp3) is 0.600. The van der Waals surface area contributed by atoms with E-state index in [2.05, 4.69) is 9.88 Å². The second-order valence-corrected chi connectivity index (χ2v) is 8.25. The molecule has 2 rings (SSSR count). The predicted molar refractivity (Wildman–Crippen MR) is 89.8 cm³/mol. The Morgan fingerprint density at radius 2 is 1.87 bits per heavy atom. The Kier molecular flexibility index (Phi) is 5.26. The summed E-state index contributed by atoms with van der Waals surface area (Å²) in [5.74, 6) is 0.465. The minimum atomic E-state index is -3.63. The van der Waals surface area contributed by atoms with Crippen LogP contribution >= 0.6 is 0 Å². The van der Waals surface area contributed by atoms with E-state index in [1.807, 2.05) is 19.1 Å². The van der Waals surface area contributed by atoms with Crippen LogP contribution in [-0.2, 0) is 14.8 Å². The van der Waals surface area contributed by atoms with Crippen molar-refractivity contribution in [1.82, 2.24) is 14.2 Å². The van der Waals surface area contributed by atoms with Gasteiger partial charge in [-0.1, -0.05) is 0 Å². The summed E-state index contributed by atoms with van der Waals surface area (Å²) in [7, 11) is -0.495. The molecule has 1 amide bonds. The van der Waals surface area contributed by atoms with E-state index in [0.29, 0.717) is 26.2 Å². The van der Waals surface area contributed by atoms with Crippen LogP contribution in [0.15, 0.2) is 18.3 Å². The molecule has 0 spiro atoms. The number of nitrogens with zero attached hydrogens (tertiary/aromatic N) is 4. The largest absolute Gasteiger partial charge is 0.354 e. The molecule has 1 unspecified atom stereocenters. The predicted octanol–water partition coefficient (Wildman–Crippen LogP) is 0.319. The minimum Gasteiger partial charge on any atom is -0.354 e. The lowest BCUT2D eigenvalue weighted by molar-refractivity contribution is -0.128. The molecule has 0 N–H and O–H groups in total. The van der Waals surface area contributed by atoms with Crippen LogP contribution in [0.5, 0.6) is 0 Å². The van der Waals surface area contributed by atoms with Gasteiger partial charge in [0.05, 0.1) is 0 Å². The summed E-state index contributed by atoms with van der Waals surface area (Å²) < 4.78 is 26.6. The van der Waals surface area contributed by atoms with E-state index in [1.165, 1.54) is 16.1 Å².